The summed E-state index contributed by atoms with van der Waals surface area (Å²) >= 11 is 0. The normalized spacial score (nSPS) is 0. The van der Waals surface area contributed by atoms with Crippen molar-refractivity contribution in [3.8, 4) is 0 Å². The second-order valence-corrected chi connectivity index (χ2v) is 0. The maximum absolute atomic E-state index is 0. The number of rotatable bonds is 0. The molecule has 0 amide bonds. The first kappa shape index (κ1) is 207. The zero-order valence-corrected chi connectivity index (χ0v) is 5.62. The molecule has 0 heterocycles. The quantitative estimate of drug-likeness (QED) is 0.336. The van der Waals surface area contributed by atoms with E-state index in [0.717, 1.165) is 0 Å². The van der Waals surface area contributed by atoms with E-state index in [1.165, 1.54) is 0 Å². The van der Waals surface area contributed by atoms with Crippen molar-refractivity contribution < 1.29 is 21.9 Å². The van der Waals surface area contributed by atoms with Gasteiger partial charge in [0, 0.05) is 0 Å². The third-order valence-electron chi connectivity index (χ3n) is 0. The summed E-state index contributed by atoms with van der Waals surface area (Å²) in [7, 11) is 0. The molecule has 0 atom stereocenters. The first-order chi connectivity index (χ1) is 0. The molecule has 4 nitrogen and oxygen atoms in total. The molecule has 0 bridgehead atoms. The van der Waals surface area contributed by atoms with Gasteiger partial charge in [0.05, 0.1) is 0 Å². The Morgan fingerprint density at radius 1 is 0.833 bits per heavy atom. The average Bonchev–Trinajstić information content (AvgIpc) is 0. The summed E-state index contributed by atoms with van der Waals surface area (Å²) in [4.78, 5) is 0. The van der Waals surface area contributed by atoms with Crippen LogP contribution in [0, 0.1) is 0 Å². The summed E-state index contributed by atoms with van der Waals surface area (Å²) in [5, 5.41) is 0. The Morgan fingerprint density at radius 2 is 0.833 bits per heavy atom. The van der Waals surface area contributed by atoms with Gasteiger partial charge in [-0.3, -0.25) is 0 Å². The van der Waals surface area contributed by atoms with E-state index in [2.05, 4.69) is 0 Å². The summed E-state index contributed by atoms with van der Waals surface area (Å²) in [6.07, 6.45) is 0. The van der Waals surface area contributed by atoms with Crippen LogP contribution in [0.15, 0.2) is 0 Å². The van der Waals surface area contributed by atoms with Gasteiger partial charge in [0.2, 0.25) is 0 Å². The van der Waals surface area contributed by atoms with E-state index in [4.69, 9.17) is 0 Å². The third-order valence-corrected chi connectivity index (χ3v) is 0. The zero-order valence-electron chi connectivity index (χ0n) is 3.05. The summed E-state index contributed by atoms with van der Waals surface area (Å²) in [5.41, 5.74) is 0. The van der Waals surface area contributed by atoms with E-state index in [1.54, 1.807) is 0 Å². The minimum Gasteiger partial charge on any atom is -2.00 e. The molecule has 0 aliphatic heterocycles. The van der Waals surface area contributed by atoms with Crippen LogP contribution in [0.5, 0.6) is 0 Å². The van der Waals surface area contributed by atoms with Crippen molar-refractivity contribution in [3.63, 3.8) is 0 Å². The SMILES string of the molecule is O.[Al+3].[Mg+2].[O-2].[O-2].[OH-]. The van der Waals surface area contributed by atoms with Crippen molar-refractivity contribution in [2.45, 2.75) is 0 Å². The van der Waals surface area contributed by atoms with Gasteiger partial charge in [-0.1, -0.05) is 0 Å². The second kappa shape index (κ2) is 125. The predicted molar refractivity (Wildman–Crippen MR) is 18.4 cm³/mol. The van der Waals surface area contributed by atoms with Gasteiger partial charge in [0.1, 0.15) is 0 Å². The van der Waals surface area contributed by atoms with Crippen molar-refractivity contribution in [1.82, 2.24) is 0 Å². The minimum atomic E-state index is 0. The zero-order chi connectivity index (χ0) is 0. The molecule has 6 heavy (non-hydrogen) atoms. The van der Waals surface area contributed by atoms with Crippen LogP contribution in [-0.2, 0) is 11.0 Å². The molecule has 0 rings (SSSR count). The van der Waals surface area contributed by atoms with Gasteiger partial charge >= 0.3 is 40.4 Å². The first-order valence-electron chi connectivity index (χ1n) is 0. The summed E-state index contributed by atoms with van der Waals surface area (Å²) in [6.45, 7) is 0. The molecule has 0 aromatic heterocycles. The van der Waals surface area contributed by atoms with E-state index < -0.39 is 0 Å². The van der Waals surface area contributed by atoms with Gasteiger partial charge in [-0.05, 0) is 0 Å². The molecule has 0 unspecified atom stereocenters. The molecule has 0 fully saturated rings. The van der Waals surface area contributed by atoms with Gasteiger partial charge < -0.3 is 21.9 Å². The van der Waals surface area contributed by atoms with Gasteiger partial charge in [0.25, 0.3) is 0 Å². The molecular formula is H3AlMgO4. The fourth-order valence-electron chi connectivity index (χ4n) is 0. The Morgan fingerprint density at radius 3 is 0.833 bits per heavy atom. The molecule has 32 valence electrons. The van der Waals surface area contributed by atoms with Crippen LogP contribution in [0.3, 0.4) is 0 Å². The number of hydrogen-bond acceptors (Lipinski definition) is 1. The largest absolute Gasteiger partial charge is 3.00 e. The van der Waals surface area contributed by atoms with Crippen LogP contribution >= 0.6 is 0 Å². The maximum Gasteiger partial charge on any atom is 3.00 e. The van der Waals surface area contributed by atoms with E-state index in [1.807, 2.05) is 0 Å². The van der Waals surface area contributed by atoms with Crippen molar-refractivity contribution in [2.75, 3.05) is 0 Å². The minimum absolute atomic E-state index is 0. The van der Waals surface area contributed by atoms with E-state index in [-0.39, 0.29) is 62.3 Å². The topological polar surface area (TPSA) is 118 Å². The standard InChI is InChI=1S/Al.Mg.2H2O.2O/h;;2*1H2;;/q+3;+2;;;2*-2/p-1. The molecule has 0 aromatic carbocycles. The van der Waals surface area contributed by atoms with Gasteiger partial charge in [-0.2, -0.15) is 0 Å². The molecule has 0 saturated carbocycles. The second-order valence-electron chi connectivity index (χ2n) is 0. The van der Waals surface area contributed by atoms with Crippen LogP contribution in [0.1, 0.15) is 0 Å². The first-order valence-corrected chi connectivity index (χ1v) is 0. The maximum atomic E-state index is 0. The van der Waals surface area contributed by atoms with Crippen LogP contribution < -0.4 is 0 Å². The monoisotopic (exact) mass is 118 g/mol. The van der Waals surface area contributed by atoms with Gasteiger partial charge in [-0.15, -0.1) is 0 Å². The van der Waals surface area contributed by atoms with Crippen LogP contribution in [0.2, 0.25) is 0 Å². The Kier molecular flexibility index (Phi) is 4320. The Labute approximate surface area is 62.4 Å². The predicted octanol–water partition coefficient (Wildman–Crippen LogP) is -2.00. The van der Waals surface area contributed by atoms with E-state index >= 15 is 0 Å². The molecule has 0 spiro atoms. The molecule has 3 N–H and O–H groups in total. The Hall–Kier alpha value is 1.14. The Bertz CT molecular complexity index is 7.51. The molecule has 0 aliphatic rings. The smallest absolute Gasteiger partial charge is 2.00 e. The van der Waals surface area contributed by atoms with Crippen molar-refractivity contribution in [1.29, 1.82) is 0 Å². The molecule has 6 heteroatoms. The van der Waals surface area contributed by atoms with E-state index in [0.29, 0.717) is 0 Å². The molecular weight excluding hydrogens is 115 g/mol. The average molecular weight is 118 g/mol. The number of hydrogen-bond donors (Lipinski definition) is 0. The third kappa shape index (κ3) is 67.9. The van der Waals surface area contributed by atoms with E-state index in [9.17, 15) is 0 Å². The van der Waals surface area contributed by atoms with Crippen molar-refractivity contribution in [3.05, 3.63) is 0 Å². The van der Waals surface area contributed by atoms with Crippen LogP contribution in [0.25, 0.3) is 0 Å². The van der Waals surface area contributed by atoms with Crippen molar-refractivity contribution >= 4 is 40.4 Å². The van der Waals surface area contributed by atoms with Gasteiger partial charge in [-0.25, -0.2) is 0 Å². The fraction of sp³-hybridized carbons (Fsp3) is 0. The fourth-order valence-corrected chi connectivity index (χ4v) is 0. The Balaban J connectivity index is 0. The molecule has 0 aliphatic carbocycles. The van der Waals surface area contributed by atoms with Crippen molar-refractivity contribution in [2.24, 2.45) is 0 Å². The summed E-state index contributed by atoms with van der Waals surface area (Å²) in [5.74, 6) is 0. The molecule has 0 saturated heterocycles. The molecule has 0 aromatic rings. The summed E-state index contributed by atoms with van der Waals surface area (Å²) in [6, 6.07) is 0. The van der Waals surface area contributed by atoms with Gasteiger partial charge in [0.15, 0.2) is 0 Å². The summed E-state index contributed by atoms with van der Waals surface area (Å²) < 4.78 is 0. The van der Waals surface area contributed by atoms with Crippen LogP contribution in [-0.4, -0.2) is 51.4 Å². The van der Waals surface area contributed by atoms with Crippen LogP contribution in [0.4, 0.5) is 0 Å². The molecule has 0 radical (unpaired) electrons.